The molecule has 0 saturated heterocycles. The van der Waals surface area contributed by atoms with E-state index in [-0.39, 0.29) is 68.9 Å². The number of carboxylic acids is 1. The van der Waals surface area contributed by atoms with Crippen molar-refractivity contribution in [2.45, 2.75) is 18.0 Å². The predicted molar refractivity (Wildman–Crippen MR) is 21.0 cm³/mol. The van der Waals surface area contributed by atoms with Crippen LogP contribution in [0.3, 0.4) is 0 Å². The molecule has 2 nitrogen and oxygen atoms in total. The standard InChI is InChI=1S/C4HF7O2.Cs/c5-2(1(12)13,3(6,7)8)4(9,10)11;/h(H,12,13);/q;+1/p-1. The SMILES string of the molecule is O=C([O-])C(F)(C(F)(F)F)C(F)(F)F.[Cs+]. The van der Waals surface area contributed by atoms with E-state index in [4.69, 9.17) is 0 Å². The first kappa shape index (κ1) is 17.4. The first-order chi connectivity index (χ1) is 5.44. The van der Waals surface area contributed by atoms with Crippen LogP contribution in [0.25, 0.3) is 0 Å². The molecule has 0 saturated carbocycles. The fourth-order valence-electron chi connectivity index (χ4n) is 0.392. The van der Waals surface area contributed by atoms with Crippen LogP contribution in [0.1, 0.15) is 0 Å². The second-order valence-corrected chi connectivity index (χ2v) is 1.94. The largest absolute Gasteiger partial charge is 1.00 e. The van der Waals surface area contributed by atoms with Gasteiger partial charge in [0.15, 0.2) is 0 Å². The topological polar surface area (TPSA) is 40.1 Å². The van der Waals surface area contributed by atoms with E-state index < -0.39 is 24.0 Å². The molecule has 10 heteroatoms. The number of alkyl halides is 7. The van der Waals surface area contributed by atoms with Crippen molar-refractivity contribution in [3.05, 3.63) is 0 Å². The second kappa shape index (κ2) is 4.91. The molecule has 0 bridgehead atoms. The molecule has 0 atom stereocenters. The van der Waals surface area contributed by atoms with Gasteiger partial charge in [-0.3, -0.25) is 0 Å². The van der Waals surface area contributed by atoms with E-state index in [2.05, 4.69) is 0 Å². The number of hydrogen-bond acceptors (Lipinski definition) is 2. The van der Waals surface area contributed by atoms with Crippen molar-refractivity contribution in [1.82, 2.24) is 0 Å². The molecule has 0 aromatic rings. The summed E-state index contributed by atoms with van der Waals surface area (Å²) in [6.07, 6.45) is -13.2. The van der Waals surface area contributed by atoms with Crippen LogP contribution >= 0.6 is 0 Å². The Kier molecular flexibility index (Phi) is 6.11. The van der Waals surface area contributed by atoms with Gasteiger partial charge >= 0.3 is 86.9 Å². The molecule has 0 heterocycles. The molecule has 0 unspecified atom stereocenters. The van der Waals surface area contributed by atoms with Gasteiger partial charge in [-0.2, -0.15) is 26.3 Å². The van der Waals surface area contributed by atoms with Gasteiger partial charge in [0.05, 0.1) is 5.97 Å². The van der Waals surface area contributed by atoms with E-state index in [1.807, 2.05) is 0 Å². The molecule has 0 rings (SSSR count). The normalized spacial score (nSPS) is 13.4. The third-order valence-electron chi connectivity index (χ3n) is 1.06. The zero-order valence-corrected chi connectivity index (χ0v) is 12.7. The molecule has 0 amide bonds. The Morgan fingerprint density at radius 1 is 0.857 bits per heavy atom. The van der Waals surface area contributed by atoms with E-state index in [0.29, 0.717) is 0 Å². The molecule has 0 radical (unpaired) electrons. The van der Waals surface area contributed by atoms with Crippen LogP contribution in [-0.4, -0.2) is 24.0 Å². The van der Waals surface area contributed by atoms with Crippen LogP contribution < -0.4 is 74.0 Å². The van der Waals surface area contributed by atoms with Crippen molar-refractivity contribution in [3.8, 4) is 0 Å². The number of rotatable bonds is 1. The fourth-order valence-corrected chi connectivity index (χ4v) is 0.392. The van der Waals surface area contributed by atoms with E-state index in [1.165, 1.54) is 0 Å². The summed E-state index contributed by atoms with van der Waals surface area (Å²) < 4.78 is 80.0. The third kappa shape index (κ3) is 3.01. The van der Waals surface area contributed by atoms with Gasteiger partial charge in [0.1, 0.15) is 0 Å². The average Bonchev–Trinajstić information content (AvgIpc) is 1.80. The summed E-state index contributed by atoms with van der Waals surface area (Å²) in [6, 6.07) is 0. The second-order valence-electron chi connectivity index (χ2n) is 1.94. The van der Waals surface area contributed by atoms with Crippen molar-refractivity contribution >= 4 is 5.97 Å². The molecule has 0 aromatic heterocycles. The quantitative estimate of drug-likeness (QED) is 0.496. The Labute approximate surface area is 131 Å². The smallest absolute Gasteiger partial charge is 0.546 e. The summed E-state index contributed by atoms with van der Waals surface area (Å²) in [6.45, 7) is 0. The van der Waals surface area contributed by atoms with Gasteiger partial charge in [0.25, 0.3) is 0 Å². The summed E-state index contributed by atoms with van der Waals surface area (Å²) in [5.74, 6) is -3.88. The van der Waals surface area contributed by atoms with Crippen LogP contribution in [0.4, 0.5) is 30.7 Å². The number of aliphatic carboxylic acids is 1. The van der Waals surface area contributed by atoms with Crippen LogP contribution in [0.15, 0.2) is 0 Å². The van der Waals surface area contributed by atoms with Gasteiger partial charge in [-0.05, 0) is 0 Å². The monoisotopic (exact) mass is 346 g/mol. The maximum Gasteiger partial charge on any atom is 1.00 e. The molecular weight excluding hydrogens is 346 g/mol. The van der Waals surface area contributed by atoms with E-state index in [9.17, 15) is 40.6 Å². The molecule has 0 aliphatic heterocycles. The number of carboxylic acid groups (broad SMARTS) is 1. The number of halogens is 7. The van der Waals surface area contributed by atoms with Crippen LogP contribution in [0.2, 0.25) is 0 Å². The molecule has 0 spiro atoms. The van der Waals surface area contributed by atoms with E-state index >= 15 is 0 Å². The van der Waals surface area contributed by atoms with Gasteiger partial charge in [-0.25, -0.2) is 4.39 Å². The zero-order chi connectivity index (χ0) is 11.1. The first-order valence-corrected chi connectivity index (χ1v) is 2.48. The summed E-state index contributed by atoms with van der Waals surface area (Å²) in [5, 5.41) is 9.39. The molecule has 0 aromatic carbocycles. The van der Waals surface area contributed by atoms with Gasteiger partial charge in [-0.15, -0.1) is 0 Å². The Morgan fingerprint density at radius 3 is 1.07 bits per heavy atom. The van der Waals surface area contributed by atoms with Crippen LogP contribution in [0, 0.1) is 0 Å². The maximum absolute atomic E-state index is 12.0. The third-order valence-corrected chi connectivity index (χ3v) is 1.06. The van der Waals surface area contributed by atoms with Gasteiger partial charge < -0.3 is 9.90 Å². The van der Waals surface area contributed by atoms with Gasteiger partial charge in [-0.1, -0.05) is 0 Å². The minimum Gasteiger partial charge on any atom is -0.546 e. The maximum atomic E-state index is 12.0. The Balaban J connectivity index is 0. The van der Waals surface area contributed by atoms with Crippen molar-refractivity contribution in [2.75, 3.05) is 0 Å². The summed E-state index contributed by atoms with van der Waals surface area (Å²) in [5.41, 5.74) is -6.32. The number of hydrogen-bond donors (Lipinski definition) is 0. The molecule has 0 aliphatic rings. The molecular formula is C4CsF7O2. The molecule has 0 aliphatic carbocycles. The van der Waals surface area contributed by atoms with Crippen molar-refractivity contribution in [3.63, 3.8) is 0 Å². The molecule has 14 heavy (non-hydrogen) atoms. The van der Waals surface area contributed by atoms with Crippen molar-refractivity contribution < 1.29 is 110 Å². The van der Waals surface area contributed by atoms with E-state index in [0.717, 1.165) is 0 Å². The first-order valence-electron chi connectivity index (χ1n) is 2.48. The average molecular weight is 346 g/mol. The molecule has 0 fully saturated rings. The summed E-state index contributed by atoms with van der Waals surface area (Å²) in [7, 11) is 0. The van der Waals surface area contributed by atoms with Crippen LogP contribution in [0.5, 0.6) is 0 Å². The number of carbonyl (C=O) groups is 1. The van der Waals surface area contributed by atoms with Crippen molar-refractivity contribution in [1.29, 1.82) is 0 Å². The molecule has 0 N–H and O–H groups in total. The van der Waals surface area contributed by atoms with Crippen LogP contribution in [-0.2, 0) is 4.79 Å². The Bertz CT molecular complexity index is 205. The molecule has 78 valence electrons. The summed E-state index contributed by atoms with van der Waals surface area (Å²) >= 11 is 0. The van der Waals surface area contributed by atoms with Gasteiger partial charge in [0.2, 0.25) is 0 Å². The van der Waals surface area contributed by atoms with Crippen molar-refractivity contribution in [2.24, 2.45) is 0 Å². The fraction of sp³-hybridized carbons (Fsp3) is 0.750. The number of carbonyl (C=O) groups excluding carboxylic acids is 1. The minimum atomic E-state index is -6.59. The van der Waals surface area contributed by atoms with Gasteiger partial charge in [0, 0.05) is 0 Å². The summed E-state index contributed by atoms with van der Waals surface area (Å²) in [4.78, 5) is 9.39. The van der Waals surface area contributed by atoms with E-state index in [1.54, 1.807) is 0 Å². The minimum absolute atomic E-state index is 0. The zero-order valence-electron chi connectivity index (χ0n) is 6.46. The Hall–Kier alpha value is 1.03. The Morgan fingerprint density at radius 2 is 1.07 bits per heavy atom. The predicted octanol–water partition coefficient (Wildman–Crippen LogP) is -2.43.